The van der Waals surface area contributed by atoms with Crippen LogP contribution in [-0.2, 0) is 25.5 Å². The third-order valence-corrected chi connectivity index (χ3v) is 4.07. The van der Waals surface area contributed by atoms with Crippen LogP contribution in [0.5, 0.6) is 0 Å². The van der Waals surface area contributed by atoms with Gasteiger partial charge < -0.3 is 14.8 Å². The van der Waals surface area contributed by atoms with Crippen molar-refractivity contribution in [2.24, 2.45) is 0 Å². The molecule has 1 N–H and O–H groups in total. The molecule has 0 bridgehead atoms. The van der Waals surface area contributed by atoms with Gasteiger partial charge in [0.1, 0.15) is 0 Å². The zero-order chi connectivity index (χ0) is 17.5. The van der Waals surface area contributed by atoms with Crippen molar-refractivity contribution < 1.29 is 23.9 Å². The zero-order valence-electron chi connectivity index (χ0n) is 13.3. The number of esters is 2. The number of hydrogen-bond acceptors (Lipinski definition) is 6. The van der Waals surface area contributed by atoms with Crippen LogP contribution in [0.25, 0.3) is 0 Å². The number of methoxy groups -OCH3 is 1. The van der Waals surface area contributed by atoms with Crippen LogP contribution in [0.4, 0.5) is 5.69 Å². The molecule has 1 amide bonds. The maximum atomic E-state index is 11.9. The summed E-state index contributed by atoms with van der Waals surface area (Å²) in [5.74, 6) is -1.43. The molecule has 0 fully saturated rings. The number of carbonyl (C=O) groups is 3. The first kappa shape index (κ1) is 17.7. The van der Waals surface area contributed by atoms with Gasteiger partial charge >= 0.3 is 11.9 Å². The van der Waals surface area contributed by atoms with E-state index in [0.29, 0.717) is 11.3 Å². The normalized spacial score (nSPS) is 10.1. The van der Waals surface area contributed by atoms with E-state index in [-0.39, 0.29) is 13.0 Å². The minimum atomic E-state index is -0.493. The number of thiophene rings is 1. The molecule has 0 aliphatic rings. The van der Waals surface area contributed by atoms with E-state index >= 15 is 0 Å². The van der Waals surface area contributed by atoms with E-state index in [2.05, 4.69) is 10.1 Å². The Bertz CT molecular complexity index is 739. The van der Waals surface area contributed by atoms with Crippen molar-refractivity contribution >= 4 is 34.9 Å². The maximum absolute atomic E-state index is 11.9. The Balaban J connectivity index is 1.90. The number of aryl methyl sites for hydroxylation is 1. The van der Waals surface area contributed by atoms with Crippen LogP contribution in [0.3, 0.4) is 0 Å². The van der Waals surface area contributed by atoms with Crippen molar-refractivity contribution in [1.29, 1.82) is 0 Å². The van der Waals surface area contributed by atoms with Crippen LogP contribution in [-0.4, -0.2) is 31.6 Å². The Morgan fingerprint density at radius 2 is 2.00 bits per heavy atom. The number of nitrogens with one attached hydrogen (secondary N) is 1. The average Bonchev–Trinajstić information content (AvgIpc) is 3.07. The Hall–Kier alpha value is -2.67. The summed E-state index contributed by atoms with van der Waals surface area (Å²) in [7, 11) is 1.29. The molecule has 6 nitrogen and oxygen atoms in total. The molecule has 0 unspecified atom stereocenters. The summed E-state index contributed by atoms with van der Waals surface area (Å²) in [6.07, 6.45) is 0.141. The molecule has 0 aliphatic carbocycles. The molecule has 1 aromatic carbocycles. The molecule has 7 heteroatoms. The van der Waals surface area contributed by atoms with Crippen LogP contribution in [0.2, 0.25) is 0 Å². The van der Waals surface area contributed by atoms with Crippen LogP contribution < -0.4 is 5.32 Å². The molecule has 0 spiro atoms. The molecule has 2 rings (SSSR count). The van der Waals surface area contributed by atoms with E-state index in [1.165, 1.54) is 24.5 Å². The smallest absolute Gasteiger partial charge is 0.337 e. The van der Waals surface area contributed by atoms with E-state index in [4.69, 9.17) is 4.74 Å². The molecule has 24 heavy (non-hydrogen) atoms. The summed E-state index contributed by atoms with van der Waals surface area (Å²) >= 11 is 1.45. The standard InChI is InChI=1S/C17H17NO5S/c1-11-5-6-12(17(21)22-2)8-14(11)18-15(19)10-23-16(20)9-13-4-3-7-24-13/h3-8H,9-10H2,1-2H3,(H,18,19). The highest BCUT2D eigenvalue weighted by molar-refractivity contribution is 7.10. The number of amides is 1. The minimum absolute atomic E-state index is 0.141. The minimum Gasteiger partial charge on any atom is -0.465 e. The van der Waals surface area contributed by atoms with Crippen molar-refractivity contribution in [2.75, 3.05) is 19.0 Å². The number of hydrogen-bond donors (Lipinski definition) is 1. The van der Waals surface area contributed by atoms with Gasteiger partial charge in [0.05, 0.1) is 19.1 Å². The fraction of sp³-hybridized carbons (Fsp3) is 0.235. The topological polar surface area (TPSA) is 81.7 Å². The van der Waals surface area contributed by atoms with Gasteiger partial charge in [0.15, 0.2) is 6.61 Å². The summed E-state index contributed by atoms with van der Waals surface area (Å²) < 4.78 is 9.60. The van der Waals surface area contributed by atoms with Crippen LogP contribution in [0, 0.1) is 6.92 Å². The third kappa shape index (κ3) is 4.92. The summed E-state index contributed by atoms with van der Waals surface area (Å²) in [5.41, 5.74) is 1.58. The first-order valence-electron chi connectivity index (χ1n) is 7.16. The maximum Gasteiger partial charge on any atom is 0.337 e. The second-order valence-corrected chi connectivity index (χ2v) is 6.02. The monoisotopic (exact) mass is 347 g/mol. The van der Waals surface area contributed by atoms with Crippen LogP contribution in [0.1, 0.15) is 20.8 Å². The molecule has 0 radical (unpaired) electrons. The molecule has 0 saturated carbocycles. The number of anilines is 1. The SMILES string of the molecule is COC(=O)c1ccc(C)c(NC(=O)COC(=O)Cc2cccs2)c1. The lowest BCUT2D eigenvalue weighted by Gasteiger charge is -2.10. The van der Waals surface area contributed by atoms with E-state index < -0.39 is 17.8 Å². The second-order valence-electron chi connectivity index (χ2n) is 4.99. The first-order chi connectivity index (χ1) is 11.5. The van der Waals surface area contributed by atoms with Gasteiger partial charge in [0, 0.05) is 10.6 Å². The van der Waals surface area contributed by atoms with E-state index in [1.54, 1.807) is 19.1 Å². The highest BCUT2D eigenvalue weighted by Crippen LogP contribution is 2.17. The number of ether oxygens (including phenoxy) is 2. The van der Waals surface area contributed by atoms with Gasteiger partial charge in [0.2, 0.25) is 0 Å². The molecule has 0 atom stereocenters. The first-order valence-corrected chi connectivity index (χ1v) is 8.04. The van der Waals surface area contributed by atoms with Gasteiger partial charge in [-0.2, -0.15) is 0 Å². The lowest BCUT2D eigenvalue weighted by molar-refractivity contribution is -0.146. The van der Waals surface area contributed by atoms with Crippen LogP contribution in [0.15, 0.2) is 35.7 Å². The van der Waals surface area contributed by atoms with Gasteiger partial charge in [-0.3, -0.25) is 9.59 Å². The van der Waals surface area contributed by atoms with E-state index in [0.717, 1.165) is 10.4 Å². The van der Waals surface area contributed by atoms with Crippen molar-refractivity contribution in [2.45, 2.75) is 13.3 Å². The molecular formula is C17H17NO5S. The average molecular weight is 347 g/mol. The summed E-state index contributed by atoms with van der Waals surface area (Å²) in [6.45, 7) is 1.41. The highest BCUT2D eigenvalue weighted by atomic mass is 32.1. The lowest BCUT2D eigenvalue weighted by atomic mass is 10.1. The molecule has 0 saturated heterocycles. The quantitative estimate of drug-likeness (QED) is 0.812. The van der Waals surface area contributed by atoms with Crippen molar-refractivity contribution in [3.05, 3.63) is 51.7 Å². The van der Waals surface area contributed by atoms with Crippen molar-refractivity contribution in [1.82, 2.24) is 0 Å². The zero-order valence-corrected chi connectivity index (χ0v) is 14.1. The Morgan fingerprint density at radius 3 is 2.67 bits per heavy atom. The molecule has 1 heterocycles. The van der Waals surface area contributed by atoms with Gasteiger partial charge in [-0.05, 0) is 36.1 Å². The van der Waals surface area contributed by atoms with Gasteiger partial charge in [-0.1, -0.05) is 12.1 Å². The van der Waals surface area contributed by atoms with E-state index in [9.17, 15) is 14.4 Å². The second kappa shape index (κ2) is 8.26. The predicted octanol–water partition coefficient (Wildman–Crippen LogP) is 2.57. The van der Waals surface area contributed by atoms with Crippen molar-refractivity contribution in [3.63, 3.8) is 0 Å². The van der Waals surface area contributed by atoms with E-state index in [1.807, 2.05) is 17.5 Å². The fourth-order valence-electron chi connectivity index (χ4n) is 1.94. The number of benzene rings is 1. The summed E-state index contributed by atoms with van der Waals surface area (Å²) in [5, 5.41) is 4.49. The summed E-state index contributed by atoms with van der Waals surface area (Å²) in [4.78, 5) is 36.0. The largest absolute Gasteiger partial charge is 0.465 e. The highest BCUT2D eigenvalue weighted by Gasteiger charge is 2.12. The Morgan fingerprint density at radius 1 is 1.21 bits per heavy atom. The molecule has 126 valence electrons. The van der Waals surface area contributed by atoms with Crippen molar-refractivity contribution in [3.8, 4) is 0 Å². The van der Waals surface area contributed by atoms with Gasteiger partial charge in [0.25, 0.3) is 5.91 Å². The molecule has 1 aromatic heterocycles. The lowest BCUT2D eigenvalue weighted by Crippen LogP contribution is -2.22. The fourth-order valence-corrected chi connectivity index (χ4v) is 2.63. The number of rotatable bonds is 6. The molecule has 2 aromatic rings. The Kier molecular flexibility index (Phi) is 6.08. The number of carbonyl (C=O) groups excluding carboxylic acids is 3. The third-order valence-electron chi connectivity index (χ3n) is 3.20. The predicted molar refractivity (Wildman–Crippen MR) is 90.1 cm³/mol. The summed E-state index contributed by atoms with van der Waals surface area (Å²) in [6, 6.07) is 8.50. The van der Waals surface area contributed by atoms with Crippen LogP contribution >= 0.6 is 11.3 Å². The van der Waals surface area contributed by atoms with Gasteiger partial charge in [-0.25, -0.2) is 4.79 Å². The molecular weight excluding hydrogens is 330 g/mol. The molecule has 0 aliphatic heterocycles. The Labute approximate surface area is 143 Å². The van der Waals surface area contributed by atoms with Gasteiger partial charge in [-0.15, -0.1) is 11.3 Å².